The number of carboxylic acid groups (broad SMARTS) is 1. The maximum atomic E-state index is 13.4. The van der Waals surface area contributed by atoms with E-state index in [1.165, 1.54) is 18.2 Å². The van der Waals surface area contributed by atoms with Gasteiger partial charge in [-0.1, -0.05) is 18.2 Å². The molecule has 0 saturated heterocycles. The number of amides is 1. The number of benzene rings is 2. The van der Waals surface area contributed by atoms with E-state index in [1.807, 2.05) is 0 Å². The van der Waals surface area contributed by atoms with Crippen molar-refractivity contribution in [2.75, 3.05) is 0 Å². The van der Waals surface area contributed by atoms with Gasteiger partial charge in [-0.25, -0.2) is 13.6 Å². The summed E-state index contributed by atoms with van der Waals surface area (Å²) >= 11 is 0. The molecule has 4 aromatic rings. The molecule has 12 heteroatoms. The summed E-state index contributed by atoms with van der Waals surface area (Å²) in [6, 6.07) is 7.62. The fraction of sp³-hybridized carbons (Fsp3) is 0.174. The lowest BCUT2D eigenvalue weighted by Crippen LogP contribution is -2.42. The van der Waals surface area contributed by atoms with Gasteiger partial charge in [-0.2, -0.15) is 13.2 Å². The normalized spacial score (nSPS) is 12.7. The number of alkyl halides is 3. The molecule has 0 unspecified atom stereocenters. The second-order valence-electron chi connectivity index (χ2n) is 7.86. The molecule has 0 saturated carbocycles. The van der Waals surface area contributed by atoms with Gasteiger partial charge in [0.1, 0.15) is 22.9 Å². The van der Waals surface area contributed by atoms with Crippen LogP contribution in [0.3, 0.4) is 0 Å². The number of halogens is 4. The summed E-state index contributed by atoms with van der Waals surface area (Å²) in [6.45, 7) is 0.849. The number of rotatable bonds is 5. The maximum Gasteiger partial charge on any atom is 0.416 e. The Hall–Kier alpha value is -4.35. The predicted molar refractivity (Wildman–Crippen MR) is 116 cm³/mol. The average molecular weight is 491 g/mol. The molecule has 0 spiro atoms. The summed E-state index contributed by atoms with van der Waals surface area (Å²) in [7, 11) is 0. The molecule has 1 amide bonds. The van der Waals surface area contributed by atoms with Crippen molar-refractivity contribution in [2.45, 2.75) is 25.7 Å². The van der Waals surface area contributed by atoms with E-state index in [9.17, 15) is 37.1 Å². The standard InChI is InChI=1S/C23H17F4N3O5/c1-11(22(34)35)28-20(32)18-19(31)17-8-13-4-5-14(23(25,26)27)9-16(13)30(17)29(21(18)33)10-12-2-6-15(24)7-3-12/h2-9,11,31H,10H2,1H3,(H,28,32)(H,34,35)/t11-/m0/s1. The van der Waals surface area contributed by atoms with Crippen LogP contribution in [-0.2, 0) is 17.5 Å². The fourth-order valence-electron chi connectivity index (χ4n) is 3.68. The molecule has 2 heterocycles. The van der Waals surface area contributed by atoms with Gasteiger partial charge in [0.15, 0.2) is 5.75 Å². The molecule has 182 valence electrons. The minimum atomic E-state index is -4.69. The van der Waals surface area contributed by atoms with E-state index in [0.717, 1.165) is 46.5 Å². The number of aliphatic carboxylic acids is 1. The second-order valence-corrected chi connectivity index (χ2v) is 7.86. The Morgan fingerprint density at radius 1 is 1.06 bits per heavy atom. The minimum Gasteiger partial charge on any atom is -0.505 e. The molecular formula is C23H17F4N3O5. The maximum absolute atomic E-state index is 13.4. The van der Waals surface area contributed by atoms with Gasteiger partial charge in [0.2, 0.25) is 0 Å². The number of hydrogen-bond acceptors (Lipinski definition) is 4. The highest BCUT2D eigenvalue weighted by molar-refractivity contribution is 6.02. The van der Waals surface area contributed by atoms with Crippen molar-refractivity contribution in [2.24, 2.45) is 0 Å². The molecular weight excluding hydrogens is 474 g/mol. The SMILES string of the molecule is C[C@H](NC(=O)c1c(O)c2cc3ccc(C(F)(F)F)cc3n2n(Cc2ccc(F)cc2)c1=O)C(=O)O. The Balaban J connectivity index is 2.03. The van der Waals surface area contributed by atoms with Gasteiger partial charge >= 0.3 is 12.1 Å². The van der Waals surface area contributed by atoms with Crippen LogP contribution in [0.15, 0.2) is 53.3 Å². The highest BCUT2D eigenvalue weighted by Crippen LogP contribution is 2.34. The van der Waals surface area contributed by atoms with Crippen LogP contribution < -0.4 is 10.9 Å². The minimum absolute atomic E-state index is 0.0739. The Morgan fingerprint density at radius 2 is 1.71 bits per heavy atom. The first-order valence-corrected chi connectivity index (χ1v) is 10.1. The number of carbonyl (C=O) groups excluding carboxylic acids is 1. The van der Waals surface area contributed by atoms with Gasteiger partial charge in [-0.3, -0.25) is 14.4 Å². The summed E-state index contributed by atoms with van der Waals surface area (Å²) in [5.74, 6) is -3.95. The fourth-order valence-corrected chi connectivity index (χ4v) is 3.68. The zero-order valence-corrected chi connectivity index (χ0v) is 17.9. The van der Waals surface area contributed by atoms with E-state index in [-0.39, 0.29) is 23.0 Å². The van der Waals surface area contributed by atoms with Crippen molar-refractivity contribution in [1.82, 2.24) is 14.5 Å². The summed E-state index contributed by atoms with van der Waals surface area (Å²) in [4.78, 5) is 37.2. The van der Waals surface area contributed by atoms with Crippen LogP contribution in [0.2, 0.25) is 0 Å². The van der Waals surface area contributed by atoms with E-state index in [0.29, 0.717) is 5.56 Å². The largest absolute Gasteiger partial charge is 0.505 e. The number of aromatic nitrogens is 2. The summed E-state index contributed by atoms with van der Waals surface area (Å²) in [5.41, 5.74) is -2.73. The zero-order chi connectivity index (χ0) is 25.7. The first-order valence-electron chi connectivity index (χ1n) is 10.1. The topological polar surface area (TPSA) is 113 Å². The van der Waals surface area contributed by atoms with Crippen LogP contribution >= 0.6 is 0 Å². The molecule has 2 aromatic carbocycles. The lowest BCUT2D eigenvalue weighted by Gasteiger charge is -2.16. The third-order valence-corrected chi connectivity index (χ3v) is 5.47. The predicted octanol–water partition coefficient (Wildman–Crippen LogP) is 3.37. The van der Waals surface area contributed by atoms with Crippen molar-refractivity contribution in [3.8, 4) is 5.75 Å². The van der Waals surface area contributed by atoms with E-state index in [4.69, 9.17) is 5.11 Å². The molecule has 1 atom stereocenters. The van der Waals surface area contributed by atoms with Crippen LogP contribution in [-0.4, -0.2) is 37.3 Å². The van der Waals surface area contributed by atoms with E-state index in [2.05, 4.69) is 5.32 Å². The first kappa shape index (κ1) is 23.8. The number of nitrogens with zero attached hydrogens (tertiary/aromatic N) is 2. The lowest BCUT2D eigenvalue weighted by atomic mass is 10.1. The van der Waals surface area contributed by atoms with Crippen LogP contribution in [0.1, 0.15) is 28.4 Å². The van der Waals surface area contributed by atoms with Gasteiger partial charge in [0.05, 0.1) is 17.6 Å². The number of carboxylic acids is 1. The van der Waals surface area contributed by atoms with E-state index < -0.39 is 52.3 Å². The Bertz CT molecular complexity index is 1540. The third-order valence-electron chi connectivity index (χ3n) is 5.47. The molecule has 8 nitrogen and oxygen atoms in total. The van der Waals surface area contributed by atoms with Crippen molar-refractivity contribution in [1.29, 1.82) is 0 Å². The molecule has 0 aliphatic heterocycles. The van der Waals surface area contributed by atoms with E-state index >= 15 is 0 Å². The zero-order valence-electron chi connectivity index (χ0n) is 17.9. The second kappa shape index (κ2) is 8.46. The van der Waals surface area contributed by atoms with Gasteiger partial charge < -0.3 is 15.5 Å². The lowest BCUT2D eigenvalue weighted by molar-refractivity contribution is -0.139. The molecule has 35 heavy (non-hydrogen) atoms. The van der Waals surface area contributed by atoms with Crippen LogP contribution in [0.5, 0.6) is 5.75 Å². The summed E-state index contributed by atoms with van der Waals surface area (Å²) in [5, 5.41) is 22.2. The smallest absolute Gasteiger partial charge is 0.416 e. The molecule has 3 N–H and O–H groups in total. The molecule has 0 radical (unpaired) electrons. The molecule has 0 fully saturated rings. The Morgan fingerprint density at radius 3 is 2.31 bits per heavy atom. The Kier molecular flexibility index (Phi) is 5.75. The monoisotopic (exact) mass is 491 g/mol. The number of aromatic hydroxyl groups is 1. The van der Waals surface area contributed by atoms with Crippen LogP contribution in [0, 0.1) is 5.82 Å². The van der Waals surface area contributed by atoms with Gasteiger partial charge in [0.25, 0.3) is 11.5 Å². The van der Waals surface area contributed by atoms with Crippen LogP contribution in [0.4, 0.5) is 17.6 Å². The number of fused-ring (bicyclic) bond motifs is 3. The van der Waals surface area contributed by atoms with Gasteiger partial charge in [-0.05, 0) is 42.8 Å². The quantitative estimate of drug-likeness (QED) is 0.371. The van der Waals surface area contributed by atoms with Crippen LogP contribution in [0.25, 0.3) is 16.4 Å². The third kappa shape index (κ3) is 4.29. The highest BCUT2D eigenvalue weighted by Gasteiger charge is 2.32. The summed E-state index contributed by atoms with van der Waals surface area (Å²) < 4.78 is 55.4. The molecule has 4 rings (SSSR count). The van der Waals surface area contributed by atoms with Crippen molar-refractivity contribution in [3.63, 3.8) is 0 Å². The summed E-state index contributed by atoms with van der Waals surface area (Å²) in [6.07, 6.45) is -4.69. The number of nitrogens with one attached hydrogen (secondary N) is 1. The molecule has 0 bridgehead atoms. The Labute approximate surface area is 193 Å². The van der Waals surface area contributed by atoms with Crippen molar-refractivity contribution in [3.05, 3.63) is 81.4 Å². The van der Waals surface area contributed by atoms with Gasteiger partial charge in [-0.15, -0.1) is 0 Å². The number of carbonyl (C=O) groups is 2. The first-order chi connectivity index (χ1) is 16.4. The molecule has 0 aliphatic carbocycles. The van der Waals surface area contributed by atoms with Crippen molar-refractivity contribution >= 4 is 28.3 Å². The molecule has 2 aromatic heterocycles. The average Bonchev–Trinajstić information content (AvgIpc) is 3.16. The molecule has 0 aliphatic rings. The van der Waals surface area contributed by atoms with Crippen molar-refractivity contribution < 1.29 is 37.4 Å². The number of hydrogen-bond donors (Lipinski definition) is 3. The highest BCUT2D eigenvalue weighted by atomic mass is 19.4. The van der Waals surface area contributed by atoms with E-state index in [1.54, 1.807) is 0 Å². The van der Waals surface area contributed by atoms with Gasteiger partial charge in [0, 0.05) is 5.39 Å².